The lowest BCUT2D eigenvalue weighted by molar-refractivity contribution is 0.601. The van der Waals surface area contributed by atoms with Crippen LogP contribution in [0.4, 0.5) is 0 Å². The second kappa shape index (κ2) is 9.17. The molecular formula is C38H33N5. The van der Waals surface area contributed by atoms with E-state index in [0.717, 1.165) is 34.0 Å². The van der Waals surface area contributed by atoms with Crippen LogP contribution in [0.3, 0.4) is 0 Å². The Hall–Kier alpha value is -5.16. The summed E-state index contributed by atoms with van der Waals surface area (Å²) in [5, 5.41) is 4.81. The SMILES string of the molecule is Cc1ccccc1-c1cccc(-n2c3ccccc3c3c(C(C)(C)C)c4c5ccccc5n(-c5nccn5C)c4nc32)c1. The zero-order chi connectivity index (χ0) is 29.5. The summed E-state index contributed by atoms with van der Waals surface area (Å²) in [7, 11) is 2.04. The minimum Gasteiger partial charge on any atom is -0.320 e. The second-order valence-corrected chi connectivity index (χ2v) is 12.5. The van der Waals surface area contributed by atoms with Crippen molar-refractivity contribution < 1.29 is 0 Å². The third-order valence-corrected chi connectivity index (χ3v) is 8.72. The van der Waals surface area contributed by atoms with Gasteiger partial charge in [-0.05, 0) is 58.9 Å². The number of benzene rings is 4. The maximum Gasteiger partial charge on any atom is 0.215 e. The first-order valence-electron chi connectivity index (χ1n) is 14.8. The van der Waals surface area contributed by atoms with Gasteiger partial charge in [-0.15, -0.1) is 0 Å². The average Bonchev–Trinajstić information content (AvgIpc) is 3.67. The monoisotopic (exact) mass is 559 g/mol. The van der Waals surface area contributed by atoms with E-state index in [-0.39, 0.29) is 5.41 Å². The van der Waals surface area contributed by atoms with E-state index in [0.29, 0.717) is 0 Å². The first-order chi connectivity index (χ1) is 20.8. The predicted octanol–water partition coefficient (Wildman–Crippen LogP) is 9.28. The van der Waals surface area contributed by atoms with Gasteiger partial charge in [-0.1, -0.05) is 93.6 Å². The molecule has 4 aromatic heterocycles. The highest BCUT2D eigenvalue weighted by molar-refractivity contribution is 6.20. The third kappa shape index (κ3) is 3.71. The zero-order valence-corrected chi connectivity index (χ0v) is 25.1. The number of hydrogen-bond acceptors (Lipinski definition) is 2. The van der Waals surface area contributed by atoms with Gasteiger partial charge >= 0.3 is 0 Å². The van der Waals surface area contributed by atoms with Crippen molar-refractivity contribution in [3.8, 4) is 22.8 Å². The summed E-state index contributed by atoms with van der Waals surface area (Å²) in [5.41, 5.74) is 10.1. The van der Waals surface area contributed by atoms with Crippen molar-refractivity contribution >= 4 is 43.9 Å². The quantitative estimate of drug-likeness (QED) is 0.216. The molecule has 0 amide bonds. The lowest BCUT2D eigenvalue weighted by atomic mass is 9.82. The summed E-state index contributed by atoms with van der Waals surface area (Å²) >= 11 is 0. The molecular weight excluding hydrogens is 526 g/mol. The van der Waals surface area contributed by atoms with E-state index in [1.165, 1.54) is 43.8 Å². The highest BCUT2D eigenvalue weighted by Gasteiger charge is 2.30. The van der Waals surface area contributed by atoms with E-state index in [1.807, 2.05) is 19.4 Å². The molecule has 0 fully saturated rings. The lowest BCUT2D eigenvalue weighted by Crippen LogP contribution is -2.13. The van der Waals surface area contributed by atoms with Crippen LogP contribution in [0.1, 0.15) is 31.9 Å². The fourth-order valence-corrected chi connectivity index (χ4v) is 6.88. The van der Waals surface area contributed by atoms with Gasteiger partial charge in [0.2, 0.25) is 5.95 Å². The van der Waals surface area contributed by atoms with Crippen molar-refractivity contribution in [2.45, 2.75) is 33.1 Å². The normalized spacial score (nSPS) is 12.3. The van der Waals surface area contributed by atoms with E-state index in [1.54, 1.807) is 0 Å². The minimum absolute atomic E-state index is 0.159. The Bertz CT molecular complexity index is 2360. The van der Waals surface area contributed by atoms with Crippen LogP contribution in [0.5, 0.6) is 0 Å². The highest BCUT2D eigenvalue weighted by atomic mass is 15.2. The van der Waals surface area contributed by atoms with E-state index < -0.39 is 0 Å². The van der Waals surface area contributed by atoms with Gasteiger partial charge in [0, 0.05) is 46.7 Å². The average molecular weight is 560 g/mol. The molecule has 0 spiro atoms. The van der Waals surface area contributed by atoms with Gasteiger partial charge in [-0.3, -0.25) is 9.13 Å². The summed E-state index contributed by atoms with van der Waals surface area (Å²) < 4.78 is 6.64. The molecule has 0 bridgehead atoms. The van der Waals surface area contributed by atoms with Gasteiger partial charge in [0.15, 0.2) is 5.65 Å². The van der Waals surface area contributed by atoms with Crippen molar-refractivity contribution in [2.24, 2.45) is 7.05 Å². The molecule has 0 radical (unpaired) electrons. The van der Waals surface area contributed by atoms with Crippen molar-refractivity contribution in [3.63, 3.8) is 0 Å². The van der Waals surface area contributed by atoms with Crippen LogP contribution in [0.15, 0.2) is 109 Å². The molecule has 0 aliphatic rings. The van der Waals surface area contributed by atoms with Gasteiger partial charge < -0.3 is 4.57 Å². The smallest absolute Gasteiger partial charge is 0.215 e. The molecule has 0 saturated carbocycles. The second-order valence-electron chi connectivity index (χ2n) is 12.5. The predicted molar refractivity (Wildman–Crippen MR) is 179 cm³/mol. The first-order valence-corrected chi connectivity index (χ1v) is 14.8. The maximum atomic E-state index is 5.59. The summed E-state index contributed by atoms with van der Waals surface area (Å²) in [6, 6.07) is 34.8. The molecule has 43 heavy (non-hydrogen) atoms. The molecule has 0 aliphatic carbocycles. The molecule has 4 aromatic carbocycles. The van der Waals surface area contributed by atoms with E-state index in [4.69, 9.17) is 9.97 Å². The summed E-state index contributed by atoms with van der Waals surface area (Å²) in [4.78, 5) is 10.4. The Morgan fingerprint density at radius 3 is 1.95 bits per heavy atom. The Labute approximate surface area is 250 Å². The molecule has 0 unspecified atom stereocenters. The number of pyridine rings is 1. The molecule has 4 heterocycles. The van der Waals surface area contributed by atoms with Crippen LogP contribution < -0.4 is 0 Å². The fraction of sp³-hybridized carbons (Fsp3) is 0.158. The topological polar surface area (TPSA) is 40.6 Å². The molecule has 0 N–H and O–H groups in total. The largest absolute Gasteiger partial charge is 0.320 e. The Kier molecular flexibility index (Phi) is 5.45. The number of imidazole rings is 1. The van der Waals surface area contributed by atoms with E-state index in [9.17, 15) is 0 Å². The maximum absolute atomic E-state index is 5.59. The summed E-state index contributed by atoms with van der Waals surface area (Å²) in [5.74, 6) is 0.849. The van der Waals surface area contributed by atoms with Crippen molar-refractivity contribution in [1.29, 1.82) is 0 Å². The van der Waals surface area contributed by atoms with Gasteiger partial charge in [-0.25, -0.2) is 9.97 Å². The highest BCUT2D eigenvalue weighted by Crippen LogP contribution is 2.45. The molecule has 5 nitrogen and oxygen atoms in total. The van der Waals surface area contributed by atoms with Crippen LogP contribution in [-0.4, -0.2) is 23.7 Å². The zero-order valence-electron chi connectivity index (χ0n) is 25.1. The minimum atomic E-state index is -0.159. The molecule has 5 heteroatoms. The molecule has 0 atom stereocenters. The van der Waals surface area contributed by atoms with Crippen LogP contribution >= 0.6 is 0 Å². The number of aryl methyl sites for hydroxylation is 2. The van der Waals surface area contributed by atoms with Crippen LogP contribution in [-0.2, 0) is 12.5 Å². The van der Waals surface area contributed by atoms with Crippen LogP contribution in [0.2, 0.25) is 0 Å². The van der Waals surface area contributed by atoms with Gasteiger partial charge in [-0.2, -0.15) is 0 Å². The van der Waals surface area contributed by atoms with Crippen molar-refractivity contribution in [2.75, 3.05) is 0 Å². The van der Waals surface area contributed by atoms with Crippen molar-refractivity contribution in [1.82, 2.24) is 23.7 Å². The van der Waals surface area contributed by atoms with E-state index >= 15 is 0 Å². The number of hydrogen-bond donors (Lipinski definition) is 0. The summed E-state index contributed by atoms with van der Waals surface area (Å²) in [6.07, 6.45) is 3.85. The van der Waals surface area contributed by atoms with Gasteiger partial charge in [0.1, 0.15) is 5.65 Å². The lowest BCUT2D eigenvalue weighted by Gasteiger charge is -2.22. The molecule has 0 saturated heterocycles. The number of rotatable bonds is 3. The number of aromatic nitrogens is 5. The van der Waals surface area contributed by atoms with Crippen LogP contribution in [0.25, 0.3) is 66.6 Å². The third-order valence-electron chi connectivity index (χ3n) is 8.72. The first kappa shape index (κ1) is 25.5. The van der Waals surface area contributed by atoms with Crippen molar-refractivity contribution in [3.05, 3.63) is 121 Å². The number of nitrogens with zero attached hydrogens (tertiary/aromatic N) is 5. The van der Waals surface area contributed by atoms with Gasteiger partial charge in [0.05, 0.1) is 11.0 Å². The standard InChI is InChI=1S/C38H33N5/c1-24-13-6-7-16-27(24)25-14-12-15-26(23-25)42-30-19-10-8-17-28(30)32-34(38(2,3)4)33-29-18-9-11-20-31(29)43(36(33)40-35(32)42)37-39-21-22-41(37)5/h6-23H,1-5H3. The van der Waals surface area contributed by atoms with Gasteiger partial charge in [0.25, 0.3) is 0 Å². The number of fused-ring (bicyclic) bond motifs is 6. The summed E-state index contributed by atoms with van der Waals surface area (Å²) in [6.45, 7) is 9.13. The molecule has 0 aliphatic heterocycles. The Morgan fingerprint density at radius 1 is 0.674 bits per heavy atom. The van der Waals surface area contributed by atoms with Crippen LogP contribution in [0, 0.1) is 6.92 Å². The molecule has 210 valence electrons. The Morgan fingerprint density at radius 2 is 1.30 bits per heavy atom. The number of para-hydroxylation sites is 2. The van der Waals surface area contributed by atoms with E-state index in [2.05, 4.69) is 138 Å². The Balaban J connectivity index is 1.58. The molecule has 8 rings (SSSR count). The molecule has 8 aromatic rings. The fourth-order valence-electron chi connectivity index (χ4n) is 6.88.